The topological polar surface area (TPSA) is 86.2 Å². The van der Waals surface area contributed by atoms with Gasteiger partial charge in [0.15, 0.2) is 4.34 Å². The average molecular weight is 403 g/mol. The van der Waals surface area contributed by atoms with Gasteiger partial charge in [0.05, 0.1) is 12.4 Å². The van der Waals surface area contributed by atoms with Crippen molar-refractivity contribution in [1.29, 1.82) is 0 Å². The quantitative estimate of drug-likeness (QED) is 0.577. The van der Waals surface area contributed by atoms with Crippen LogP contribution in [0.4, 0.5) is 0 Å². The number of amides is 1. The normalized spacial score (nSPS) is 11.6. The molecule has 1 N–H and O–H groups in total. The number of pyridine rings is 1. The molecule has 0 aliphatic carbocycles. The van der Waals surface area contributed by atoms with Crippen LogP contribution in [0, 0.1) is 0 Å². The zero-order valence-corrected chi connectivity index (χ0v) is 16.4. The molecule has 27 heavy (non-hydrogen) atoms. The van der Waals surface area contributed by atoms with Gasteiger partial charge in [-0.1, -0.05) is 29.2 Å². The van der Waals surface area contributed by atoms with E-state index in [2.05, 4.69) is 20.5 Å². The van der Waals surface area contributed by atoms with Crippen molar-refractivity contribution in [2.24, 2.45) is 0 Å². The van der Waals surface area contributed by atoms with Gasteiger partial charge in [-0.3, -0.25) is 4.79 Å². The minimum absolute atomic E-state index is 0.0613. The summed E-state index contributed by atoms with van der Waals surface area (Å²) >= 11 is 2.81. The van der Waals surface area contributed by atoms with Crippen LogP contribution >= 0.6 is 23.1 Å². The first-order valence-electron chi connectivity index (χ1n) is 8.11. The number of carbonyl (C=O) groups excluding carboxylic acids is 1. The van der Waals surface area contributed by atoms with Crippen LogP contribution in [0.25, 0.3) is 0 Å². The molecule has 1 amide bonds. The van der Waals surface area contributed by atoms with Gasteiger partial charge in [0.25, 0.3) is 0 Å². The second-order valence-electron chi connectivity index (χ2n) is 5.46. The Labute approximate surface area is 165 Å². The van der Waals surface area contributed by atoms with Crippen molar-refractivity contribution in [2.45, 2.75) is 23.1 Å². The standard InChI is InChI=1S/C18H18N4O3S2/c1-12(27-18-22-21-11-26-18)17(23)20-10-13-3-8-16(19-9-13)25-15-6-4-14(24-2)5-7-15/h3-9,11-12H,10H2,1-2H3,(H,20,23). The van der Waals surface area contributed by atoms with Gasteiger partial charge in [-0.15, -0.1) is 10.2 Å². The highest BCUT2D eigenvalue weighted by Crippen LogP contribution is 2.24. The first-order chi connectivity index (χ1) is 13.1. The van der Waals surface area contributed by atoms with E-state index >= 15 is 0 Å². The van der Waals surface area contributed by atoms with Crippen LogP contribution in [0.3, 0.4) is 0 Å². The molecule has 9 heteroatoms. The van der Waals surface area contributed by atoms with E-state index in [0.717, 1.165) is 15.7 Å². The summed E-state index contributed by atoms with van der Waals surface area (Å²) in [7, 11) is 1.62. The van der Waals surface area contributed by atoms with Crippen LogP contribution in [0.15, 0.2) is 52.4 Å². The van der Waals surface area contributed by atoms with Crippen LogP contribution in [0.2, 0.25) is 0 Å². The fraction of sp³-hybridized carbons (Fsp3) is 0.222. The lowest BCUT2D eigenvalue weighted by Crippen LogP contribution is -2.30. The maximum atomic E-state index is 12.2. The largest absolute Gasteiger partial charge is 0.497 e. The molecule has 0 aliphatic rings. The molecule has 1 atom stereocenters. The highest BCUT2D eigenvalue weighted by molar-refractivity contribution is 8.02. The lowest BCUT2D eigenvalue weighted by Gasteiger charge is -2.10. The number of hydrogen-bond acceptors (Lipinski definition) is 8. The summed E-state index contributed by atoms with van der Waals surface area (Å²) in [5.74, 6) is 1.86. The van der Waals surface area contributed by atoms with Gasteiger partial charge < -0.3 is 14.8 Å². The minimum atomic E-state index is -0.247. The molecule has 1 unspecified atom stereocenters. The van der Waals surface area contributed by atoms with Gasteiger partial charge in [-0.2, -0.15) is 0 Å². The summed E-state index contributed by atoms with van der Waals surface area (Å²) in [6, 6.07) is 10.9. The highest BCUT2D eigenvalue weighted by atomic mass is 32.2. The number of rotatable bonds is 8. The summed E-state index contributed by atoms with van der Waals surface area (Å²) in [5.41, 5.74) is 2.53. The van der Waals surface area contributed by atoms with E-state index in [1.807, 2.05) is 37.3 Å². The van der Waals surface area contributed by atoms with Crippen molar-refractivity contribution in [3.63, 3.8) is 0 Å². The van der Waals surface area contributed by atoms with E-state index in [9.17, 15) is 4.79 Å². The van der Waals surface area contributed by atoms with Crippen molar-refractivity contribution in [3.8, 4) is 17.4 Å². The average Bonchev–Trinajstić information content (AvgIpc) is 3.21. The summed E-state index contributed by atoms with van der Waals surface area (Å²) in [6.45, 7) is 2.24. The lowest BCUT2D eigenvalue weighted by atomic mass is 10.3. The Morgan fingerprint density at radius 1 is 1.22 bits per heavy atom. The molecule has 7 nitrogen and oxygen atoms in total. The SMILES string of the molecule is COc1ccc(Oc2ccc(CNC(=O)C(C)Sc3nncs3)cn2)cc1. The number of benzene rings is 1. The Balaban J connectivity index is 1.48. The number of methoxy groups -OCH3 is 1. The van der Waals surface area contributed by atoms with Crippen LogP contribution in [0.5, 0.6) is 17.4 Å². The zero-order valence-electron chi connectivity index (χ0n) is 14.8. The molecule has 0 saturated carbocycles. The number of carbonyl (C=O) groups is 1. The molecule has 1 aromatic carbocycles. The van der Waals surface area contributed by atoms with Crippen LogP contribution < -0.4 is 14.8 Å². The Hall–Kier alpha value is -2.65. The van der Waals surface area contributed by atoms with Crippen molar-refractivity contribution >= 4 is 29.0 Å². The Morgan fingerprint density at radius 2 is 2.00 bits per heavy atom. The third kappa shape index (κ3) is 5.66. The first-order valence-corrected chi connectivity index (χ1v) is 9.87. The molecule has 140 valence electrons. The first kappa shape index (κ1) is 19.1. The monoisotopic (exact) mass is 402 g/mol. The smallest absolute Gasteiger partial charge is 0.233 e. The fourth-order valence-corrected chi connectivity index (χ4v) is 3.74. The molecule has 0 aliphatic heterocycles. The number of ether oxygens (including phenoxy) is 2. The van der Waals surface area contributed by atoms with Gasteiger partial charge in [-0.05, 0) is 36.8 Å². The van der Waals surface area contributed by atoms with E-state index in [0.29, 0.717) is 18.2 Å². The Morgan fingerprint density at radius 3 is 2.63 bits per heavy atom. The van der Waals surface area contributed by atoms with Crippen LogP contribution in [-0.4, -0.2) is 33.4 Å². The number of aromatic nitrogens is 3. The molecular formula is C18H18N4O3S2. The zero-order chi connectivity index (χ0) is 19.1. The molecule has 0 spiro atoms. The summed E-state index contributed by atoms with van der Waals surface area (Å²) in [4.78, 5) is 16.4. The molecule has 0 saturated heterocycles. The van der Waals surface area contributed by atoms with Gasteiger partial charge in [-0.25, -0.2) is 4.98 Å². The van der Waals surface area contributed by atoms with Crippen molar-refractivity contribution in [3.05, 3.63) is 53.7 Å². The van der Waals surface area contributed by atoms with E-state index in [-0.39, 0.29) is 11.2 Å². The maximum absolute atomic E-state index is 12.2. The summed E-state index contributed by atoms with van der Waals surface area (Å²) < 4.78 is 11.6. The molecule has 2 aromatic heterocycles. The van der Waals surface area contributed by atoms with Gasteiger partial charge in [0, 0.05) is 18.8 Å². The molecule has 0 fully saturated rings. The molecule has 3 aromatic rings. The molecule has 0 bridgehead atoms. The van der Waals surface area contributed by atoms with Crippen molar-refractivity contribution in [1.82, 2.24) is 20.5 Å². The third-order valence-electron chi connectivity index (χ3n) is 3.53. The van der Waals surface area contributed by atoms with Crippen molar-refractivity contribution < 1.29 is 14.3 Å². The van der Waals surface area contributed by atoms with Crippen molar-refractivity contribution in [2.75, 3.05) is 7.11 Å². The number of nitrogens with zero attached hydrogens (tertiary/aromatic N) is 3. The van der Waals surface area contributed by atoms with Gasteiger partial charge in [0.1, 0.15) is 17.0 Å². The fourth-order valence-electron chi connectivity index (χ4n) is 2.09. The second kappa shape index (κ2) is 9.33. The van der Waals surface area contributed by atoms with Crippen LogP contribution in [-0.2, 0) is 11.3 Å². The number of nitrogens with one attached hydrogen (secondary N) is 1. The summed E-state index contributed by atoms with van der Waals surface area (Å²) in [6.07, 6.45) is 1.68. The van der Waals surface area contributed by atoms with Gasteiger partial charge in [0.2, 0.25) is 11.8 Å². The Kier molecular flexibility index (Phi) is 6.61. The molecule has 2 heterocycles. The van der Waals surface area contributed by atoms with E-state index in [4.69, 9.17) is 9.47 Å². The van der Waals surface area contributed by atoms with Crippen LogP contribution in [0.1, 0.15) is 12.5 Å². The Bertz CT molecular complexity index is 855. The van der Waals surface area contributed by atoms with E-state index in [1.165, 1.54) is 23.1 Å². The third-order valence-corrected chi connectivity index (χ3v) is 5.44. The number of hydrogen-bond donors (Lipinski definition) is 1. The minimum Gasteiger partial charge on any atom is -0.497 e. The number of thioether (sulfide) groups is 1. The molecular weight excluding hydrogens is 384 g/mol. The summed E-state index contributed by atoms with van der Waals surface area (Å²) in [5, 5.41) is 10.3. The molecule has 0 radical (unpaired) electrons. The second-order valence-corrected chi connectivity index (χ2v) is 7.89. The predicted octanol–water partition coefficient (Wildman–Crippen LogP) is 3.53. The highest BCUT2D eigenvalue weighted by Gasteiger charge is 2.15. The van der Waals surface area contributed by atoms with E-state index in [1.54, 1.807) is 24.9 Å². The van der Waals surface area contributed by atoms with Gasteiger partial charge >= 0.3 is 0 Å². The lowest BCUT2D eigenvalue weighted by molar-refractivity contribution is -0.120. The maximum Gasteiger partial charge on any atom is 0.233 e. The van der Waals surface area contributed by atoms with E-state index < -0.39 is 0 Å². The predicted molar refractivity (Wildman–Crippen MR) is 104 cm³/mol. The molecule has 3 rings (SSSR count).